The standard InChI is InChI=1S/C15H23NO/c1-3-5-12-6-4-7-13(10-12)15(16-2)14-8-9-17-11-14/h4,6-7,10,14-16H,3,5,8-9,11H2,1-2H3. The minimum Gasteiger partial charge on any atom is -0.381 e. The smallest absolute Gasteiger partial charge is 0.0513 e. The molecule has 2 nitrogen and oxygen atoms in total. The first-order chi connectivity index (χ1) is 8.35. The van der Waals surface area contributed by atoms with Gasteiger partial charge in [0.05, 0.1) is 6.61 Å². The van der Waals surface area contributed by atoms with Gasteiger partial charge in [0.15, 0.2) is 0 Å². The van der Waals surface area contributed by atoms with E-state index in [1.54, 1.807) is 0 Å². The van der Waals surface area contributed by atoms with Crippen LogP contribution < -0.4 is 5.32 Å². The zero-order valence-corrected chi connectivity index (χ0v) is 10.9. The van der Waals surface area contributed by atoms with Gasteiger partial charge in [-0.3, -0.25) is 0 Å². The Balaban J connectivity index is 2.14. The van der Waals surface area contributed by atoms with E-state index in [4.69, 9.17) is 4.74 Å². The minimum absolute atomic E-state index is 0.439. The van der Waals surface area contributed by atoms with Crippen LogP contribution >= 0.6 is 0 Å². The average molecular weight is 233 g/mol. The molecule has 1 aromatic carbocycles. The maximum Gasteiger partial charge on any atom is 0.0513 e. The third kappa shape index (κ3) is 3.08. The van der Waals surface area contributed by atoms with Gasteiger partial charge in [-0.05, 0) is 31.0 Å². The van der Waals surface area contributed by atoms with Gasteiger partial charge in [0, 0.05) is 18.6 Å². The fraction of sp³-hybridized carbons (Fsp3) is 0.600. The van der Waals surface area contributed by atoms with Crippen LogP contribution in [-0.2, 0) is 11.2 Å². The summed E-state index contributed by atoms with van der Waals surface area (Å²) in [5, 5.41) is 3.45. The molecular weight excluding hydrogens is 210 g/mol. The second kappa shape index (κ2) is 6.18. The van der Waals surface area contributed by atoms with Crippen molar-refractivity contribution in [2.24, 2.45) is 5.92 Å². The molecule has 2 heteroatoms. The molecule has 0 aromatic heterocycles. The van der Waals surface area contributed by atoms with E-state index in [0.29, 0.717) is 12.0 Å². The maximum atomic E-state index is 5.50. The van der Waals surface area contributed by atoms with Crippen molar-refractivity contribution < 1.29 is 4.74 Å². The number of ether oxygens (including phenoxy) is 1. The highest BCUT2D eigenvalue weighted by molar-refractivity contribution is 5.27. The molecule has 1 heterocycles. The number of nitrogens with one attached hydrogen (secondary N) is 1. The zero-order valence-electron chi connectivity index (χ0n) is 10.9. The normalized spacial score (nSPS) is 21.6. The molecule has 1 saturated heterocycles. The van der Waals surface area contributed by atoms with Crippen LogP contribution in [0.15, 0.2) is 24.3 Å². The summed E-state index contributed by atoms with van der Waals surface area (Å²) in [5.41, 5.74) is 2.86. The Morgan fingerprint density at radius 3 is 3.00 bits per heavy atom. The van der Waals surface area contributed by atoms with Crippen molar-refractivity contribution in [1.29, 1.82) is 0 Å². The fourth-order valence-electron chi connectivity index (χ4n) is 2.72. The number of hydrogen-bond acceptors (Lipinski definition) is 2. The first-order valence-electron chi connectivity index (χ1n) is 6.69. The second-order valence-electron chi connectivity index (χ2n) is 4.89. The highest BCUT2D eigenvalue weighted by Crippen LogP contribution is 2.29. The zero-order chi connectivity index (χ0) is 12.1. The average Bonchev–Trinajstić information content (AvgIpc) is 2.85. The number of aryl methyl sites for hydroxylation is 1. The molecule has 1 aliphatic rings. The molecule has 0 bridgehead atoms. The van der Waals surface area contributed by atoms with E-state index in [2.05, 4.69) is 43.6 Å². The first-order valence-corrected chi connectivity index (χ1v) is 6.69. The lowest BCUT2D eigenvalue weighted by atomic mass is 9.91. The summed E-state index contributed by atoms with van der Waals surface area (Å²) in [6, 6.07) is 9.43. The highest BCUT2D eigenvalue weighted by Gasteiger charge is 2.25. The molecule has 0 saturated carbocycles. The topological polar surface area (TPSA) is 21.3 Å². The largest absolute Gasteiger partial charge is 0.381 e. The second-order valence-corrected chi connectivity index (χ2v) is 4.89. The van der Waals surface area contributed by atoms with Crippen LogP contribution in [-0.4, -0.2) is 20.3 Å². The molecule has 17 heavy (non-hydrogen) atoms. The van der Waals surface area contributed by atoms with Gasteiger partial charge in [0.1, 0.15) is 0 Å². The van der Waals surface area contributed by atoms with E-state index >= 15 is 0 Å². The molecule has 0 radical (unpaired) electrons. The van der Waals surface area contributed by atoms with Crippen molar-refractivity contribution >= 4 is 0 Å². The van der Waals surface area contributed by atoms with Gasteiger partial charge < -0.3 is 10.1 Å². The van der Waals surface area contributed by atoms with Crippen LogP contribution in [0, 0.1) is 5.92 Å². The van der Waals surface area contributed by atoms with Crippen LogP contribution in [0.25, 0.3) is 0 Å². The fourth-order valence-corrected chi connectivity index (χ4v) is 2.72. The van der Waals surface area contributed by atoms with E-state index in [1.165, 1.54) is 30.4 Å². The number of benzene rings is 1. The lowest BCUT2D eigenvalue weighted by Gasteiger charge is -2.22. The Hall–Kier alpha value is -0.860. The van der Waals surface area contributed by atoms with Crippen LogP contribution in [0.3, 0.4) is 0 Å². The van der Waals surface area contributed by atoms with Crippen molar-refractivity contribution in [3.05, 3.63) is 35.4 Å². The van der Waals surface area contributed by atoms with Crippen LogP contribution in [0.4, 0.5) is 0 Å². The summed E-state index contributed by atoms with van der Waals surface area (Å²) < 4.78 is 5.50. The van der Waals surface area contributed by atoms with Gasteiger partial charge in [-0.2, -0.15) is 0 Å². The quantitative estimate of drug-likeness (QED) is 0.844. The molecule has 1 aliphatic heterocycles. The summed E-state index contributed by atoms with van der Waals surface area (Å²) in [6.45, 7) is 4.04. The number of hydrogen-bond donors (Lipinski definition) is 1. The van der Waals surface area contributed by atoms with Crippen LogP contribution in [0.1, 0.15) is 36.9 Å². The molecule has 2 rings (SSSR count). The van der Waals surface area contributed by atoms with E-state index in [9.17, 15) is 0 Å². The van der Waals surface area contributed by atoms with E-state index in [1.807, 2.05) is 0 Å². The molecule has 1 fully saturated rings. The first kappa shape index (κ1) is 12.6. The predicted octanol–water partition coefficient (Wildman–Crippen LogP) is 2.94. The molecule has 0 amide bonds. The lowest BCUT2D eigenvalue weighted by Crippen LogP contribution is -2.25. The molecule has 2 unspecified atom stereocenters. The van der Waals surface area contributed by atoms with Gasteiger partial charge in [-0.25, -0.2) is 0 Å². The Bertz CT molecular complexity index is 345. The highest BCUT2D eigenvalue weighted by atomic mass is 16.5. The lowest BCUT2D eigenvalue weighted by molar-refractivity contribution is 0.178. The van der Waals surface area contributed by atoms with E-state index < -0.39 is 0 Å². The summed E-state index contributed by atoms with van der Waals surface area (Å²) in [5.74, 6) is 0.622. The molecule has 1 aromatic rings. The molecule has 0 spiro atoms. The Morgan fingerprint density at radius 2 is 2.35 bits per heavy atom. The van der Waals surface area contributed by atoms with E-state index in [-0.39, 0.29) is 0 Å². The Kier molecular flexibility index (Phi) is 4.57. The van der Waals surface area contributed by atoms with Gasteiger partial charge in [-0.1, -0.05) is 37.6 Å². The third-order valence-electron chi connectivity index (χ3n) is 3.60. The monoisotopic (exact) mass is 233 g/mol. The third-order valence-corrected chi connectivity index (χ3v) is 3.60. The van der Waals surface area contributed by atoms with Crippen LogP contribution in [0.2, 0.25) is 0 Å². The van der Waals surface area contributed by atoms with Crippen molar-refractivity contribution in [2.45, 2.75) is 32.2 Å². The van der Waals surface area contributed by atoms with Gasteiger partial charge in [-0.15, -0.1) is 0 Å². The van der Waals surface area contributed by atoms with Crippen molar-refractivity contribution in [3.8, 4) is 0 Å². The predicted molar refractivity (Wildman–Crippen MR) is 71.2 cm³/mol. The van der Waals surface area contributed by atoms with Crippen molar-refractivity contribution in [2.75, 3.05) is 20.3 Å². The van der Waals surface area contributed by atoms with Gasteiger partial charge in [0.2, 0.25) is 0 Å². The van der Waals surface area contributed by atoms with Crippen molar-refractivity contribution in [3.63, 3.8) is 0 Å². The molecule has 94 valence electrons. The Labute approximate surface area is 104 Å². The molecular formula is C15H23NO. The van der Waals surface area contributed by atoms with Gasteiger partial charge >= 0.3 is 0 Å². The molecule has 0 aliphatic carbocycles. The Morgan fingerprint density at radius 1 is 1.47 bits per heavy atom. The minimum atomic E-state index is 0.439. The molecule has 2 atom stereocenters. The summed E-state index contributed by atoms with van der Waals surface area (Å²) in [4.78, 5) is 0. The summed E-state index contributed by atoms with van der Waals surface area (Å²) in [7, 11) is 2.05. The SMILES string of the molecule is CCCc1cccc(C(NC)C2CCOC2)c1. The number of rotatable bonds is 5. The maximum absolute atomic E-state index is 5.50. The van der Waals surface area contributed by atoms with E-state index in [0.717, 1.165) is 13.2 Å². The van der Waals surface area contributed by atoms with Gasteiger partial charge in [0.25, 0.3) is 0 Å². The summed E-state index contributed by atoms with van der Waals surface area (Å²) >= 11 is 0. The summed E-state index contributed by atoms with van der Waals surface area (Å²) in [6.07, 6.45) is 3.55. The van der Waals surface area contributed by atoms with Crippen molar-refractivity contribution in [1.82, 2.24) is 5.32 Å². The molecule has 1 N–H and O–H groups in total. The van der Waals surface area contributed by atoms with Crippen LogP contribution in [0.5, 0.6) is 0 Å².